The fraction of sp³-hybridized carbons (Fsp3) is 0.389. The van der Waals surface area contributed by atoms with E-state index in [4.69, 9.17) is 0 Å². The lowest BCUT2D eigenvalue weighted by Gasteiger charge is -2.34. The minimum absolute atomic E-state index is 0.0505. The molecule has 1 amide bonds. The summed E-state index contributed by atoms with van der Waals surface area (Å²) in [6, 6.07) is 6.82. The summed E-state index contributed by atoms with van der Waals surface area (Å²) in [4.78, 5) is 21.5. The van der Waals surface area contributed by atoms with Crippen molar-refractivity contribution in [3.63, 3.8) is 0 Å². The normalized spacial score (nSPS) is 15.4. The maximum absolute atomic E-state index is 12.6. The minimum Gasteiger partial charge on any atom is -0.345 e. The maximum Gasteiger partial charge on any atom is 0.274 e. The first-order valence-corrected chi connectivity index (χ1v) is 11.6. The number of aromatic nitrogens is 3. The molecular weight excluding hydrogens is 398 g/mol. The lowest BCUT2D eigenvalue weighted by molar-refractivity contribution is 0.0740. The standard InChI is InChI=1S/C18H21N5O3S2/c1-12-10-15(20-21(12)2)17(24)22-6-8-23(9-7-22)18-19-14-5-4-13(28(3,25)26)11-16(14)27-18/h4-5,10-11H,6-9H2,1-3H3. The van der Waals surface area contributed by atoms with Crippen LogP contribution in [0.4, 0.5) is 5.13 Å². The Morgan fingerprint density at radius 1 is 1.14 bits per heavy atom. The summed E-state index contributed by atoms with van der Waals surface area (Å²) in [5.74, 6) is -0.0505. The van der Waals surface area contributed by atoms with E-state index in [1.165, 1.54) is 17.6 Å². The van der Waals surface area contributed by atoms with Gasteiger partial charge in [0.2, 0.25) is 0 Å². The van der Waals surface area contributed by atoms with E-state index in [-0.39, 0.29) is 5.91 Å². The van der Waals surface area contributed by atoms with Crippen molar-refractivity contribution < 1.29 is 13.2 Å². The molecule has 28 heavy (non-hydrogen) atoms. The third kappa shape index (κ3) is 3.49. The third-order valence-corrected chi connectivity index (χ3v) is 7.14. The highest BCUT2D eigenvalue weighted by Gasteiger charge is 2.25. The second-order valence-corrected chi connectivity index (χ2v) is 10.00. The second-order valence-electron chi connectivity index (χ2n) is 6.97. The van der Waals surface area contributed by atoms with E-state index in [2.05, 4.69) is 15.0 Å². The van der Waals surface area contributed by atoms with Gasteiger partial charge >= 0.3 is 0 Å². The molecule has 10 heteroatoms. The van der Waals surface area contributed by atoms with Gasteiger partial charge in [-0.15, -0.1) is 0 Å². The Morgan fingerprint density at radius 2 is 1.86 bits per heavy atom. The van der Waals surface area contributed by atoms with Crippen LogP contribution in [0.5, 0.6) is 0 Å². The molecule has 8 nitrogen and oxygen atoms in total. The SMILES string of the molecule is Cc1cc(C(=O)N2CCN(c3nc4ccc(S(C)(=O)=O)cc4s3)CC2)nn1C. The molecule has 0 bridgehead atoms. The summed E-state index contributed by atoms with van der Waals surface area (Å²) in [5, 5.41) is 5.12. The third-order valence-electron chi connectivity index (χ3n) is 4.95. The van der Waals surface area contributed by atoms with Crippen molar-refractivity contribution in [2.24, 2.45) is 7.05 Å². The van der Waals surface area contributed by atoms with Gasteiger partial charge in [-0.2, -0.15) is 5.10 Å². The number of rotatable bonds is 3. The smallest absolute Gasteiger partial charge is 0.274 e. The van der Waals surface area contributed by atoms with Crippen LogP contribution in [-0.4, -0.2) is 66.4 Å². The number of benzene rings is 1. The first kappa shape index (κ1) is 18.9. The highest BCUT2D eigenvalue weighted by molar-refractivity contribution is 7.90. The van der Waals surface area contributed by atoms with Crippen molar-refractivity contribution in [2.45, 2.75) is 11.8 Å². The predicted octanol–water partition coefficient (Wildman–Crippen LogP) is 1.70. The van der Waals surface area contributed by atoms with Crippen LogP contribution in [0, 0.1) is 6.92 Å². The quantitative estimate of drug-likeness (QED) is 0.642. The van der Waals surface area contributed by atoms with Crippen molar-refractivity contribution in [1.82, 2.24) is 19.7 Å². The molecule has 148 valence electrons. The number of amides is 1. The number of hydrogen-bond acceptors (Lipinski definition) is 7. The molecule has 0 unspecified atom stereocenters. The average molecular weight is 420 g/mol. The van der Waals surface area contributed by atoms with Crippen LogP contribution in [0.3, 0.4) is 0 Å². The molecule has 0 atom stereocenters. The van der Waals surface area contributed by atoms with E-state index in [0.717, 1.165) is 21.0 Å². The van der Waals surface area contributed by atoms with E-state index in [1.54, 1.807) is 22.9 Å². The van der Waals surface area contributed by atoms with Gasteiger partial charge in [-0.25, -0.2) is 13.4 Å². The van der Waals surface area contributed by atoms with Gasteiger partial charge in [-0.05, 0) is 31.2 Å². The molecule has 3 aromatic rings. The largest absolute Gasteiger partial charge is 0.345 e. The molecule has 0 radical (unpaired) electrons. The van der Waals surface area contributed by atoms with E-state index in [1.807, 2.05) is 24.9 Å². The van der Waals surface area contributed by atoms with Crippen LogP contribution in [0.1, 0.15) is 16.2 Å². The zero-order chi connectivity index (χ0) is 20.1. The monoisotopic (exact) mass is 419 g/mol. The first-order chi connectivity index (χ1) is 13.2. The molecular formula is C18H21N5O3S2. The molecule has 1 aliphatic heterocycles. The molecule has 3 heterocycles. The van der Waals surface area contributed by atoms with Gasteiger partial charge in [-0.1, -0.05) is 11.3 Å². The molecule has 1 aromatic carbocycles. The Bertz CT molecular complexity index is 1140. The number of fused-ring (bicyclic) bond motifs is 1. The number of piperazine rings is 1. The second kappa shape index (κ2) is 6.85. The van der Waals surface area contributed by atoms with E-state index in [9.17, 15) is 13.2 Å². The fourth-order valence-corrected chi connectivity index (χ4v) is 4.96. The molecule has 1 fully saturated rings. The van der Waals surface area contributed by atoms with Crippen molar-refractivity contribution in [3.8, 4) is 0 Å². The van der Waals surface area contributed by atoms with Crippen molar-refractivity contribution in [3.05, 3.63) is 35.7 Å². The zero-order valence-corrected chi connectivity index (χ0v) is 17.5. The Hall–Kier alpha value is -2.46. The Balaban J connectivity index is 1.48. The van der Waals surface area contributed by atoms with Crippen molar-refractivity contribution in [1.29, 1.82) is 0 Å². The number of thiazole rings is 1. The maximum atomic E-state index is 12.6. The molecule has 0 spiro atoms. The zero-order valence-electron chi connectivity index (χ0n) is 15.9. The number of carbonyl (C=O) groups is 1. The molecule has 0 N–H and O–H groups in total. The van der Waals surface area contributed by atoms with E-state index in [0.29, 0.717) is 36.8 Å². The van der Waals surface area contributed by atoms with Crippen LogP contribution >= 0.6 is 11.3 Å². The van der Waals surface area contributed by atoms with Crippen molar-refractivity contribution in [2.75, 3.05) is 37.3 Å². The molecule has 2 aromatic heterocycles. The van der Waals surface area contributed by atoms with Crippen LogP contribution in [0.2, 0.25) is 0 Å². The number of hydrogen-bond donors (Lipinski definition) is 0. The van der Waals surface area contributed by atoms with Crippen LogP contribution in [-0.2, 0) is 16.9 Å². The summed E-state index contributed by atoms with van der Waals surface area (Å²) in [6.45, 7) is 4.47. The van der Waals surface area contributed by atoms with Gasteiger partial charge in [-0.3, -0.25) is 9.48 Å². The number of anilines is 1. The predicted molar refractivity (Wildman–Crippen MR) is 109 cm³/mol. The van der Waals surface area contributed by atoms with E-state index >= 15 is 0 Å². The average Bonchev–Trinajstić information content (AvgIpc) is 3.23. The Morgan fingerprint density at radius 3 is 2.46 bits per heavy atom. The fourth-order valence-electron chi connectivity index (χ4n) is 3.19. The van der Waals surface area contributed by atoms with Crippen LogP contribution in [0.25, 0.3) is 10.2 Å². The molecule has 1 aliphatic rings. The van der Waals surface area contributed by atoms with Gasteiger partial charge in [0.05, 0.1) is 15.1 Å². The van der Waals surface area contributed by atoms with Crippen molar-refractivity contribution >= 4 is 42.4 Å². The summed E-state index contributed by atoms with van der Waals surface area (Å²) in [5.41, 5.74) is 2.21. The lowest BCUT2D eigenvalue weighted by atomic mass is 10.2. The number of sulfone groups is 1. The first-order valence-electron chi connectivity index (χ1n) is 8.88. The molecule has 0 saturated carbocycles. The van der Waals surface area contributed by atoms with Crippen LogP contribution in [0.15, 0.2) is 29.2 Å². The van der Waals surface area contributed by atoms with Crippen LogP contribution < -0.4 is 4.90 Å². The van der Waals surface area contributed by atoms with Gasteiger partial charge in [0.25, 0.3) is 5.91 Å². The number of aryl methyl sites for hydroxylation is 2. The Kier molecular flexibility index (Phi) is 4.62. The number of nitrogens with zero attached hydrogens (tertiary/aromatic N) is 5. The number of carbonyl (C=O) groups excluding carboxylic acids is 1. The van der Waals surface area contributed by atoms with Gasteiger partial charge in [0, 0.05) is 45.2 Å². The molecule has 4 rings (SSSR count). The molecule has 1 saturated heterocycles. The topological polar surface area (TPSA) is 88.4 Å². The minimum atomic E-state index is -3.24. The summed E-state index contributed by atoms with van der Waals surface area (Å²) < 4.78 is 26.1. The molecule has 0 aliphatic carbocycles. The van der Waals surface area contributed by atoms with Gasteiger partial charge in [0.15, 0.2) is 20.7 Å². The Labute approximate surface area is 167 Å². The lowest BCUT2D eigenvalue weighted by Crippen LogP contribution is -2.48. The van der Waals surface area contributed by atoms with Gasteiger partial charge in [0.1, 0.15) is 0 Å². The summed E-state index contributed by atoms with van der Waals surface area (Å²) in [7, 11) is -1.42. The summed E-state index contributed by atoms with van der Waals surface area (Å²) >= 11 is 1.48. The summed E-state index contributed by atoms with van der Waals surface area (Å²) in [6.07, 6.45) is 1.20. The van der Waals surface area contributed by atoms with E-state index < -0.39 is 9.84 Å². The highest BCUT2D eigenvalue weighted by Crippen LogP contribution is 2.31. The highest BCUT2D eigenvalue weighted by atomic mass is 32.2. The van der Waals surface area contributed by atoms with Gasteiger partial charge < -0.3 is 9.80 Å².